The van der Waals surface area contributed by atoms with Gasteiger partial charge < -0.3 is 10.4 Å². The highest BCUT2D eigenvalue weighted by Crippen LogP contribution is 2.36. The molecule has 1 radical (unpaired) electrons. The van der Waals surface area contributed by atoms with E-state index in [0.29, 0.717) is 17.7 Å². The summed E-state index contributed by atoms with van der Waals surface area (Å²) in [4.78, 5) is 12.6. The molecule has 3 rings (SSSR count). The van der Waals surface area contributed by atoms with Gasteiger partial charge in [-0.3, -0.25) is 9.10 Å². The Morgan fingerprint density at radius 3 is 2.84 bits per heavy atom. The van der Waals surface area contributed by atoms with Gasteiger partial charge in [0.15, 0.2) is 0 Å². The van der Waals surface area contributed by atoms with Gasteiger partial charge in [0.25, 0.3) is 10.0 Å². The Hall–Kier alpha value is -2.38. The molecule has 0 saturated carbocycles. The first-order chi connectivity index (χ1) is 11.9. The predicted octanol–water partition coefficient (Wildman–Crippen LogP) is 1.02. The summed E-state index contributed by atoms with van der Waals surface area (Å²) < 4.78 is 27.6. The van der Waals surface area contributed by atoms with Gasteiger partial charge in [-0.2, -0.15) is 0 Å². The fourth-order valence-corrected chi connectivity index (χ4v) is 4.72. The summed E-state index contributed by atoms with van der Waals surface area (Å²) in [6.07, 6.45) is 0.296. The second kappa shape index (κ2) is 6.85. The first-order valence-corrected chi connectivity index (χ1v) is 9.38. The molecule has 1 heterocycles. The van der Waals surface area contributed by atoms with E-state index >= 15 is 0 Å². The molecule has 0 fully saturated rings. The molecule has 1 atom stereocenters. The van der Waals surface area contributed by atoms with Gasteiger partial charge in [-0.25, -0.2) is 8.42 Å². The van der Waals surface area contributed by atoms with Crippen LogP contribution in [0.25, 0.3) is 0 Å². The van der Waals surface area contributed by atoms with Gasteiger partial charge in [0.2, 0.25) is 5.91 Å². The summed E-state index contributed by atoms with van der Waals surface area (Å²) >= 11 is 0. The molecule has 1 amide bonds. The van der Waals surface area contributed by atoms with Crippen LogP contribution in [0, 0.1) is 13.0 Å². The van der Waals surface area contributed by atoms with E-state index in [4.69, 9.17) is 5.11 Å². The Morgan fingerprint density at radius 1 is 1.36 bits per heavy atom. The molecule has 0 aliphatic carbocycles. The monoisotopic (exact) mass is 359 g/mol. The standard InChI is InChI=1S/C18H19N2O4S/c1-13-5-4-7-15(11-13)25(23,24)20-16-8-3-2-6-14(16)12-17(20)18(22)19-9-10-21/h2-4,6-8,11,17,21H,9-10,12H2,1H3,(H,19,22). The number of aryl methyl sites for hydroxylation is 1. The highest BCUT2D eigenvalue weighted by molar-refractivity contribution is 7.93. The van der Waals surface area contributed by atoms with Crippen molar-refractivity contribution < 1.29 is 18.3 Å². The average Bonchev–Trinajstić information content (AvgIpc) is 3.00. The van der Waals surface area contributed by atoms with Gasteiger partial charge in [0, 0.05) is 13.0 Å². The van der Waals surface area contributed by atoms with Crippen LogP contribution in [0.5, 0.6) is 0 Å². The van der Waals surface area contributed by atoms with Crippen LogP contribution in [0.15, 0.2) is 47.4 Å². The highest BCUT2D eigenvalue weighted by Gasteiger charge is 2.42. The van der Waals surface area contributed by atoms with Crippen molar-refractivity contribution in [1.82, 2.24) is 5.32 Å². The smallest absolute Gasteiger partial charge is 0.265 e. The molecule has 131 valence electrons. The van der Waals surface area contributed by atoms with E-state index in [-0.39, 0.29) is 18.0 Å². The lowest BCUT2D eigenvalue weighted by Gasteiger charge is -2.26. The van der Waals surface area contributed by atoms with Crippen molar-refractivity contribution in [3.8, 4) is 0 Å². The average molecular weight is 359 g/mol. The van der Waals surface area contributed by atoms with Gasteiger partial charge in [-0.05, 0) is 42.3 Å². The normalized spacial score (nSPS) is 16.6. The zero-order valence-corrected chi connectivity index (χ0v) is 14.6. The SMILES string of the molecule is Cc1[c]ccc(S(=O)(=O)N2c3ccccc3CC2C(=O)NCCO)c1. The van der Waals surface area contributed by atoms with Crippen molar-refractivity contribution in [3.05, 3.63) is 59.7 Å². The third-order valence-corrected chi connectivity index (χ3v) is 5.93. The number of amides is 1. The van der Waals surface area contributed by atoms with Crippen LogP contribution in [0.1, 0.15) is 11.1 Å². The fraction of sp³-hybridized carbons (Fsp3) is 0.278. The van der Waals surface area contributed by atoms with Crippen LogP contribution in [0.3, 0.4) is 0 Å². The lowest BCUT2D eigenvalue weighted by molar-refractivity contribution is -0.122. The number of rotatable bonds is 5. The molecule has 25 heavy (non-hydrogen) atoms. The maximum atomic E-state index is 13.2. The summed E-state index contributed by atoms with van der Waals surface area (Å²) in [5.74, 6) is -0.423. The van der Waals surface area contributed by atoms with Crippen LogP contribution in [-0.2, 0) is 21.2 Å². The minimum atomic E-state index is -3.90. The van der Waals surface area contributed by atoms with E-state index in [9.17, 15) is 13.2 Å². The molecular weight excluding hydrogens is 340 g/mol. The Kier molecular flexibility index (Phi) is 4.78. The van der Waals surface area contributed by atoms with Crippen LogP contribution in [-0.4, -0.2) is 38.6 Å². The second-order valence-corrected chi connectivity index (χ2v) is 7.69. The van der Waals surface area contributed by atoms with Crippen molar-refractivity contribution in [3.63, 3.8) is 0 Å². The third-order valence-electron chi connectivity index (χ3n) is 4.11. The van der Waals surface area contributed by atoms with Crippen molar-refractivity contribution in [2.45, 2.75) is 24.3 Å². The Morgan fingerprint density at radius 2 is 2.12 bits per heavy atom. The fourth-order valence-electron chi connectivity index (χ4n) is 2.98. The molecule has 1 unspecified atom stereocenters. The number of benzene rings is 2. The number of para-hydroxylation sites is 1. The van der Waals surface area contributed by atoms with Crippen LogP contribution in [0.2, 0.25) is 0 Å². The van der Waals surface area contributed by atoms with E-state index in [1.54, 1.807) is 31.2 Å². The number of nitrogens with one attached hydrogen (secondary N) is 1. The number of sulfonamides is 1. The Labute approximate surface area is 147 Å². The summed E-state index contributed by atoms with van der Waals surface area (Å²) in [5.41, 5.74) is 2.02. The summed E-state index contributed by atoms with van der Waals surface area (Å²) in [6, 6.07) is 13.7. The molecule has 6 nitrogen and oxygen atoms in total. The maximum absolute atomic E-state index is 13.2. The molecule has 0 spiro atoms. The largest absolute Gasteiger partial charge is 0.395 e. The lowest BCUT2D eigenvalue weighted by atomic mass is 10.1. The van der Waals surface area contributed by atoms with Gasteiger partial charge in [-0.15, -0.1) is 0 Å². The van der Waals surface area contributed by atoms with E-state index < -0.39 is 22.0 Å². The first-order valence-electron chi connectivity index (χ1n) is 7.94. The number of nitrogens with zero attached hydrogens (tertiary/aromatic N) is 1. The van der Waals surface area contributed by atoms with Crippen molar-refractivity contribution in [1.29, 1.82) is 0 Å². The highest BCUT2D eigenvalue weighted by atomic mass is 32.2. The molecule has 0 bridgehead atoms. The van der Waals surface area contributed by atoms with Gasteiger partial charge in [-0.1, -0.05) is 24.3 Å². The first kappa shape index (κ1) is 17.4. The molecule has 2 N–H and O–H groups in total. The topological polar surface area (TPSA) is 86.7 Å². The quantitative estimate of drug-likeness (QED) is 0.835. The number of aliphatic hydroxyl groups excluding tert-OH is 1. The summed E-state index contributed by atoms with van der Waals surface area (Å²) in [5, 5.41) is 11.5. The predicted molar refractivity (Wildman–Crippen MR) is 93.7 cm³/mol. The molecule has 7 heteroatoms. The molecule has 2 aromatic carbocycles. The number of hydrogen-bond acceptors (Lipinski definition) is 4. The zero-order chi connectivity index (χ0) is 18.0. The van der Waals surface area contributed by atoms with Crippen molar-refractivity contribution >= 4 is 21.6 Å². The molecule has 1 aliphatic rings. The molecule has 2 aromatic rings. The molecule has 0 aromatic heterocycles. The van der Waals surface area contributed by atoms with Crippen molar-refractivity contribution in [2.24, 2.45) is 0 Å². The van der Waals surface area contributed by atoms with E-state index in [1.165, 1.54) is 10.4 Å². The van der Waals surface area contributed by atoms with Gasteiger partial charge >= 0.3 is 0 Å². The van der Waals surface area contributed by atoms with Crippen LogP contribution < -0.4 is 9.62 Å². The number of aliphatic hydroxyl groups is 1. The third kappa shape index (κ3) is 3.25. The number of anilines is 1. The summed E-state index contributed by atoms with van der Waals surface area (Å²) in [6.45, 7) is 1.65. The van der Waals surface area contributed by atoms with Crippen molar-refractivity contribution in [2.75, 3.05) is 17.5 Å². The summed E-state index contributed by atoms with van der Waals surface area (Å²) in [7, 11) is -3.90. The molecule has 1 aliphatic heterocycles. The lowest BCUT2D eigenvalue weighted by Crippen LogP contribution is -2.48. The van der Waals surface area contributed by atoms with E-state index in [2.05, 4.69) is 11.4 Å². The zero-order valence-electron chi connectivity index (χ0n) is 13.8. The Balaban J connectivity index is 2.06. The number of fused-ring (bicyclic) bond motifs is 1. The number of carbonyl (C=O) groups is 1. The van der Waals surface area contributed by atoms with Crippen LogP contribution in [0.4, 0.5) is 5.69 Å². The van der Waals surface area contributed by atoms with Crippen LogP contribution >= 0.6 is 0 Å². The minimum absolute atomic E-state index is 0.0823. The molecular formula is C18H19N2O4S. The second-order valence-electron chi connectivity index (χ2n) is 5.87. The minimum Gasteiger partial charge on any atom is -0.395 e. The van der Waals surface area contributed by atoms with Gasteiger partial charge in [0.1, 0.15) is 6.04 Å². The van der Waals surface area contributed by atoms with E-state index in [0.717, 1.165) is 5.56 Å². The van der Waals surface area contributed by atoms with E-state index in [1.807, 2.05) is 12.1 Å². The maximum Gasteiger partial charge on any atom is 0.265 e. The number of hydrogen-bond donors (Lipinski definition) is 2. The number of carbonyl (C=O) groups excluding carboxylic acids is 1. The Bertz CT molecular complexity index is 895. The molecule has 0 saturated heterocycles. The van der Waals surface area contributed by atoms with Gasteiger partial charge in [0.05, 0.1) is 17.2 Å².